The fourth-order valence-corrected chi connectivity index (χ4v) is 2.14. The molecule has 0 unspecified atom stereocenters. The lowest BCUT2D eigenvalue weighted by Gasteiger charge is -2.03. The van der Waals surface area contributed by atoms with Crippen molar-refractivity contribution in [2.24, 2.45) is 0 Å². The molecule has 1 aromatic heterocycles. The maximum Gasteiger partial charge on any atom is 0.265 e. The van der Waals surface area contributed by atoms with Crippen molar-refractivity contribution in [1.82, 2.24) is 0 Å². The zero-order chi connectivity index (χ0) is 12.4. The highest BCUT2D eigenvalue weighted by Gasteiger charge is 2.10. The first-order valence-electron chi connectivity index (χ1n) is 4.58. The van der Waals surface area contributed by atoms with E-state index >= 15 is 0 Å². The van der Waals surface area contributed by atoms with Gasteiger partial charge in [-0.05, 0) is 24.3 Å². The fourth-order valence-electron chi connectivity index (χ4n) is 1.20. The number of halogens is 3. The molecule has 0 fully saturated rings. The van der Waals surface area contributed by atoms with E-state index in [0.29, 0.717) is 9.21 Å². The number of thiophene rings is 1. The molecule has 0 radical (unpaired) electrons. The first kappa shape index (κ1) is 12.0. The highest BCUT2D eigenvalue weighted by atomic mass is 35.5. The first-order valence-corrected chi connectivity index (χ1v) is 5.77. The van der Waals surface area contributed by atoms with Gasteiger partial charge in [-0.3, -0.25) is 4.79 Å². The largest absolute Gasteiger partial charge is 0.321 e. The Bertz CT molecular complexity index is 570. The third-order valence-electron chi connectivity index (χ3n) is 1.97. The van der Waals surface area contributed by atoms with E-state index in [4.69, 9.17) is 11.6 Å². The summed E-state index contributed by atoms with van der Waals surface area (Å²) in [6.45, 7) is 0. The minimum absolute atomic E-state index is 0.193. The van der Waals surface area contributed by atoms with Gasteiger partial charge in [-0.1, -0.05) is 11.6 Å². The lowest BCUT2D eigenvalue weighted by molar-refractivity contribution is 0.103. The molecule has 1 amide bonds. The van der Waals surface area contributed by atoms with Crippen molar-refractivity contribution in [2.75, 3.05) is 5.32 Å². The summed E-state index contributed by atoms with van der Waals surface area (Å²) in [5.74, 6) is -2.37. The van der Waals surface area contributed by atoms with Gasteiger partial charge in [0.2, 0.25) is 0 Å². The quantitative estimate of drug-likeness (QED) is 0.882. The molecule has 0 saturated heterocycles. The molecule has 2 rings (SSSR count). The first-order chi connectivity index (χ1) is 8.06. The van der Waals surface area contributed by atoms with Crippen LogP contribution in [0, 0.1) is 11.6 Å². The molecule has 1 heterocycles. The van der Waals surface area contributed by atoms with Crippen molar-refractivity contribution in [1.29, 1.82) is 0 Å². The second-order valence-electron chi connectivity index (χ2n) is 3.19. The molecule has 1 aromatic carbocycles. The second-order valence-corrected chi connectivity index (χ2v) is 4.90. The number of anilines is 1. The van der Waals surface area contributed by atoms with E-state index in [-0.39, 0.29) is 5.69 Å². The Morgan fingerprint density at radius 3 is 2.53 bits per heavy atom. The molecule has 6 heteroatoms. The summed E-state index contributed by atoms with van der Waals surface area (Å²) < 4.78 is 26.0. The molecule has 0 atom stereocenters. The molecular weight excluding hydrogens is 268 g/mol. The molecule has 2 aromatic rings. The molecule has 0 aliphatic carbocycles. The van der Waals surface area contributed by atoms with Crippen LogP contribution in [0.4, 0.5) is 14.5 Å². The minimum atomic E-state index is -1.01. The Labute approximate surface area is 105 Å². The Morgan fingerprint density at radius 1 is 1.18 bits per heavy atom. The number of carbonyl (C=O) groups excluding carboxylic acids is 1. The summed E-state index contributed by atoms with van der Waals surface area (Å²) in [4.78, 5) is 12.1. The summed E-state index contributed by atoms with van der Waals surface area (Å²) in [6, 6.07) is 6.30. The zero-order valence-corrected chi connectivity index (χ0v) is 9.91. The van der Waals surface area contributed by atoms with Gasteiger partial charge in [0, 0.05) is 11.8 Å². The van der Waals surface area contributed by atoms with Crippen LogP contribution in [0.2, 0.25) is 4.34 Å². The molecule has 88 valence electrons. The van der Waals surface area contributed by atoms with Crippen LogP contribution >= 0.6 is 22.9 Å². The lowest BCUT2D eigenvalue weighted by atomic mass is 10.3. The number of benzene rings is 1. The van der Waals surface area contributed by atoms with Crippen LogP contribution in [0.3, 0.4) is 0 Å². The van der Waals surface area contributed by atoms with Crippen molar-refractivity contribution in [3.8, 4) is 0 Å². The van der Waals surface area contributed by atoms with Crippen LogP contribution in [0.25, 0.3) is 0 Å². The van der Waals surface area contributed by atoms with E-state index in [0.717, 1.165) is 23.5 Å². The number of amides is 1. The van der Waals surface area contributed by atoms with Gasteiger partial charge in [0.15, 0.2) is 11.6 Å². The smallest absolute Gasteiger partial charge is 0.265 e. The summed E-state index contributed by atoms with van der Waals surface area (Å²) in [6.07, 6.45) is 0. The van der Waals surface area contributed by atoms with Gasteiger partial charge in [-0.2, -0.15) is 0 Å². The maximum absolute atomic E-state index is 12.9. The summed E-state index contributed by atoms with van der Waals surface area (Å²) in [5.41, 5.74) is 0.193. The number of hydrogen-bond acceptors (Lipinski definition) is 2. The maximum atomic E-state index is 12.9. The SMILES string of the molecule is O=C(Nc1ccc(F)c(F)c1)c1ccc(Cl)s1. The van der Waals surface area contributed by atoms with Crippen molar-refractivity contribution in [2.45, 2.75) is 0 Å². The summed E-state index contributed by atoms with van der Waals surface area (Å²) in [7, 11) is 0. The van der Waals surface area contributed by atoms with E-state index in [2.05, 4.69) is 5.32 Å². The third kappa shape index (κ3) is 2.81. The average Bonchev–Trinajstić information content (AvgIpc) is 2.70. The van der Waals surface area contributed by atoms with Gasteiger partial charge >= 0.3 is 0 Å². The lowest BCUT2D eigenvalue weighted by Crippen LogP contribution is -2.10. The Morgan fingerprint density at radius 2 is 1.94 bits per heavy atom. The molecule has 0 aliphatic heterocycles. The molecule has 0 aliphatic rings. The number of nitrogens with one attached hydrogen (secondary N) is 1. The summed E-state index contributed by atoms with van der Waals surface area (Å²) in [5, 5.41) is 2.45. The summed E-state index contributed by atoms with van der Waals surface area (Å²) >= 11 is 6.79. The monoisotopic (exact) mass is 273 g/mol. The topological polar surface area (TPSA) is 29.1 Å². The number of rotatable bonds is 2. The number of hydrogen-bond donors (Lipinski definition) is 1. The van der Waals surface area contributed by atoms with E-state index < -0.39 is 17.5 Å². The van der Waals surface area contributed by atoms with Gasteiger partial charge in [0.1, 0.15) is 0 Å². The fraction of sp³-hybridized carbons (Fsp3) is 0. The molecule has 17 heavy (non-hydrogen) atoms. The van der Waals surface area contributed by atoms with E-state index in [1.54, 1.807) is 12.1 Å². The highest BCUT2D eigenvalue weighted by Crippen LogP contribution is 2.22. The van der Waals surface area contributed by atoms with Crippen LogP contribution in [0.15, 0.2) is 30.3 Å². The standard InChI is InChI=1S/C11H6ClF2NOS/c12-10-4-3-9(17-10)11(16)15-6-1-2-7(13)8(14)5-6/h1-5H,(H,15,16). The Balaban J connectivity index is 2.15. The molecule has 0 saturated carbocycles. The van der Waals surface area contributed by atoms with Gasteiger partial charge in [-0.15, -0.1) is 11.3 Å². The molecule has 2 nitrogen and oxygen atoms in total. The second kappa shape index (κ2) is 4.81. The van der Waals surface area contributed by atoms with Gasteiger partial charge in [-0.25, -0.2) is 8.78 Å². The Hall–Kier alpha value is -1.46. The van der Waals surface area contributed by atoms with Gasteiger partial charge < -0.3 is 5.32 Å². The van der Waals surface area contributed by atoms with Crippen LogP contribution in [0.1, 0.15) is 9.67 Å². The van der Waals surface area contributed by atoms with Crippen molar-refractivity contribution < 1.29 is 13.6 Å². The normalized spacial score (nSPS) is 10.3. The van der Waals surface area contributed by atoms with Crippen LogP contribution in [0.5, 0.6) is 0 Å². The van der Waals surface area contributed by atoms with Crippen LogP contribution < -0.4 is 5.32 Å². The minimum Gasteiger partial charge on any atom is -0.321 e. The van der Waals surface area contributed by atoms with Gasteiger partial charge in [0.05, 0.1) is 9.21 Å². The molecule has 0 spiro atoms. The van der Waals surface area contributed by atoms with Gasteiger partial charge in [0.25, 0.3) is 5.91 Å². The van der Waals surface area contributed by atoms with E-state index in [1.165, 1.54) is 6.07 Å². The molecule has 1 N–H and O–H groups in total. The predicted molar refractivity (Wildman–Crippen MR) is 63.6 cm³/mol. The average molecular weight is 274 g/mol. The van der Waals surface area contributed by atoms with Crippen molar-refractivity contribution in [3.05, 3.63) is 51.2 Å². The Kier molecular flexibility index (Phi) is 3.40. The highest BCUT2D eigenvalue weighted by molar-refractivity contribution is 7.18. The van der Waals surface area contributed by atoms with Crippen molar-refractivity contribution in [3.63, 3.8) is 0 Å². The van der Waals surface area contributed by atoms with Crippen molar-refractivity contribution >= 4 is 34.5 Å². The van der Waals surface area contributed by atoms with E-state index in [9.17, 15) is 13.6 Å². The predicted octanol–water partition coefficient (Wildman–Crippen LogP) is 3.93. The molecule has 0 bridgehead atoms. The molecular formula is C11H6ClF2NOS. The number of carbonyl (C=O) groups is 1. The van der Waals surface area contributed by atoms with Crippen LogP contribution in [-0.2, 0) is 0 Å². The zero-order valence-electron chi connectivity index (χ0n) is 8.34. The van der Waals surface area contributed by atoms with Crippen LogP contribution in [-0.4, -0.2) is 5.91 Å². The van der Waals surface area contributed by atoms with E-state index in [1.807, 2.05) is 0 Å². The third-order valence-corrected chi connectivity index (χ3v) is 3.20.